The molecular formula is C13H19N3O3. The van der Waals surface area contributed by atoms with Gasteiger partial charge in [0.15, 0.2) is 0 Å². The average molecular weight is 265 g/mol. The van der Waals surface area contributed by atoms with Gasteiger partial charge in [0.25, 0.3) is 0 Å². The third-order valence-corrected chi connectivity index (χ3v) is 2.57. The fraction of sp³-hybridized carbons (Fsp3) is 0.462. The van der Waals surface area contributed by atoms with Gasteiger partial charge in [0.1, 0.15) is 0 Å². The summed E-state index contributed by atoms with van der Waals surface area (Å²) in [5.41, 5.74) is 1.03. The van der Waals surface area contributed by atoms with Gasteiger partial charge in [-0.05, 0) is 25.5 Å². The van der Waals surface area contributed by atoms with Gasteiger partial charge in [0.05, 0.1) is 24.0 Å². The number of hydrogen-bond acceptors (Lipinski definition) is 3. The second kappa shape index (κ2) is 7.35. The van der Waals surface area contributed by atoms with E-state index in [0.29, 0.717) is 24.5 Å². The fourth-order valence-electron chi connectivity index (χ4n) is 1.63. The van der Waals surface area contributed by atoms with E-state index in [4.69, 9.17) is 5.11 Å². The van der Waals surface area contributed by atoms with Gasteiger partial charge >= 0.3 is 12.0 Å². The molecule has 0 spiro atoms. The number of carbonyl (C=O) groups excluding carboxylic acids is 1. The first kappa shape index (κ1) is 14.9. The minimum absolute atomic E-state index is 0.120. The van der Waals surface area contributed by atoms with Crippen molar-refractivity contribution in [2.45, 2.75) is 26.7 Å². The molecule has 2 amide bonds. The minimum Gasteiger partial charge on any atom is -0.481 e. The van der Waals surface area contributed by atoms with Crippen LogP contribution in [0.25, 0.3) is 0 Å². The van der Waals surface area contributed by atoms with Crippen LogP contribution in [-0.4, -0.2) is 40.1 Å². The molecule has 0 saturated heterocycles. The van der Waals surface area contributed by atoms with Crippen molar-refractivity contribution >= 4 is 17.7 Å². The van der Waals surface area contributed by atoms with E-state index in [1.54, 1.807) is 17.0 Å². The zero-order valence-corrected chi connectivity index (χ0v) is 11.2. The van der Waals surface area contributed by atoms with E-state index in [1.807, 2.05) is 13.8 Å². The molecule has 0 radical (unpaired) electrons. The van der Waals surface area contributed by atoms with Crippen LogP contribution in [0.4, 0.5) is 10.5 Å². The van der Waals surface area contributed by atoms with Gasteiger partial charge < -0.3 is 15.3 Å². The lowest BCUT2D eigenvalue weighted by atomic mass is 10.2. The first-order valence-corrected chi connectivity index (χ1v) is 6.29. The van der Waals surface area contributed by atoms with Gasteiger partial charge in [0.2, 0.25) is 0 Å². The lowest BCUT2D eigenvalue weighted by molar-refractivity contribution is -0.136. The maximum absolute atomic E-state index is 11.9. The number of rotatable bonds is 6. The van der Waals surface area contributed by atoms with Gasteiger partial charge in [-0.15, -0.1) is 0 Å². The molecule has 1 rings (SSSR count). The van der Waals surface area contributed by atoms with Crippen molar-refractivity contribution in [3.05, 3.63) is 24.0 Å². The monoisotopic (exact) mass is 265 g/mol. The fourth-order valence-corrected chi connectivity index (χ4v) is 1.63. The van der Waals surface area contributed by atoms with E-state index >= 15 is 0 Å². The van der Waals surface area contributed by atoms with Gasteiger partial charge in [-0.1, -0.05) is 6.92 Å². The molecule has 0 unspecified atom stereocenters. The van der Waals surface area contributed by atoms with E-state index in [-0.39, 0.29) is 12.5 Å². The van der Waals surface area contributed by atoms with Crippen LogP contribution in [0, 0.1) is 0 Å². The topological polar surface area (TPSA) is 82.5 Å². The van der Waals surface area contributed by atoms with E-state index in [1.165, 1.54) is 6.20 Å². The van der Waals surface area contributed by atoms with Gasteiger partial charge in [-0.2, -0.15) is 0 Å². The highest BCUT2D eigenvalue weighted by atomic mass is 16.4. The maximum atomic E-state index is 11.9. The Labute approximate surface area is 112 Å². The number of hydrogen-bond donors (Lipinski definition) is 2. The van der Waals surface area contributed by atoms with E-state index in [9.17, 15) is 9.59 Å². The second-order valence-corrected chi connectivity index (χ2v) is 4.12. The summed E-state index contributed by atoms with van der Waals surface area (Å²) in [6.45, 7) is 5.28. The van der Waals surface area contributed by atoms with Crippen molar-refractivity contribution in [2.75, 3.05) is 18.4 Å². The molecule has 0 atom stereocenters. The normalized spacial score (nSPS) is 10.0. The molecule has 0 fully saturated rings. The number of anilines is 1. The third kappa shape index (κ3) is 4.95. The number of amides is 2. The molecule has 1 aromatic rings. The number of nitrogens with one attached hydrogen (secondary N) is 1. The highest BCUT2D eigenvalue weighted by Gasteiger charge is 2.10. The van der Waals surface area contributed by atoms with Crippen molar-refractivity contribution in [3.63, 3.8) is 0 Å². The smallest absolute Gasteiger partial charge is 0.321 e. The van der Waals surface area contributed by atoms with Crippen LogP contribution in [0.5, 0.6) is 0 Å². The summed E-state index contributed by atoms with van der Waals surface area (Å²) in [6, 6.07) is 3.08. The Balaban J connectivity index is 2.61. The largest absolute Gasteiger partial charge is 0.481 e. The first-order chi connectivity index (χ1) is 9.06. The van der Waals surface area contributed by atoms with Crippen LogP contribution >= 0.6 is 0 Å². The summed E-state index contributed by atoms with van der Waals surface area (Å²) in [7, 11) is 0. The van der Waals surface area contributed by atoms with Crippen LogP contribution in [0.2, 0.25) is 0 Å². The second-order valence-electron chi connectivity index (χ2n) is 4.12. The zero-order valence-electron chi connectivity index (χ0n) is 11.2. The number of carbonyl (C=O) groups is 2. The predicted octanol–water partition coefficient (Wildman–Crippen LogP) is 1.97. The van der Waals surface area contributed by atoms with Crippen molar-refractivity contribution in [1.29, 1.82) is 0 Å². The summed E-state index contributed by atoms with van der Waals surface area (Å²) in [4.78, 5) is 28.1. The highest BCUT2D eigenvalue weighted by molar-refractivity contribution is 5.89. The molecule has 0 aliphatic carbocycles. The molecule has 2 N–H and O–H groups in total. The number of carboxylic acid groups (broad SMARTS) is 1. The summed E-state index contributed by atoms with van der Waals surface area (Å²) in [5, 5.41) is 11.4. The molecule has 1 aromatic heterocycles. The van der Waals surface area contributed by atoms with Gasteiger partial charge in [-0.3, -0.25) is 9.78 Å². The number of carboxylic acids is 1. The number of urea groups is 1. The van der Waals surface area contributed by atoms with Crippen LogP contribution < -0.4 is 5.32 Å². The Hall–Kier alpha value is -2.11. The molecule has 0 aromatic carbocycles. The standard InChI is InChI=1S/C13H19N3O3/c1-3-7-16(4-2)13(19)15-11-6-5-10(14-9-11)8-12(17)18/h5-6,9H,3-4,7-8H2,1-2H3,(H,15,19)(H,17,18). The molecule has 0 bridgehead atoms. The quantitative estimate of drug-likeness (QED) is 0.823. The summed E-state index contributed by atoms with van der Waals surface area (Å²) < 4.78 is 0. The molecule has 1 heterocycles. The number of nitrogens with zero attached hydrogens (tertiary/aromatic N) is 2. The van der Waals surface area contributed by atoms with Crippen LogP contribution in [0.3, 0.4) is 0 Å². The SMILES string of the molecule is CCCN(CC)C(=O)Nc1ccc(CC(=O)O)nc1. The lowest BCUT2D eigenvalue weighted by Gasteiger charge is -2.20. The molecule has 19 heavy (non-hydrogen) atoms. The summed E-state index contributed by atoms with van der Waals surface area (Å²) in [5.74, 6) is -0.926. The third-order valence-electron chi connectivity index (χ3n) is 2.57. The Morgan fingerprint density at radius 1 is 1.37 bits per heavy atom. The van der Waals surface area contributed by atoms with Crippen LogP contribution in [0.15, 0.2) is 18.3 Å². The lowest BCUT2D eigenvalue weighted by Crippen LogP contribution is -2.35. The average Bonchev–Trinajstić information content (AvgIpc) is 2.37. The minimum atomic E-state index is -0.926. The number of aliphatic carboxylic acids is 1. The molecule has 6 nitrogen and oxygen atoms in total. The molecule has 104 valence electrons. The van der Waals surface area contributed by atoms with E-state index in [0.717, 1.165) is 6.42 Å². The van der Waals surface area contributed by atoms with Crippen molar-refractivity contribution < 1.29 is 14.7 Å². The Morgan fingerprint density at radius 3 is 2.58 bits per heavy atom. The van der Waals surface area contributed by atoms with Crippen LogP contribution in [0.1, 0.15) is 26.0 Å². The Morgan fingerprint density at radius 2 is 2.11 bits per heavy atom. The number of pyridine rings is 1. The Kier molecular flexibility index (Phi) is 5.78. The molecule has 0 aliphatic rings. The molecule has 0 aliphatic heterocycles. The first-order valence-electron chi connectivity index (χ1n) is 6.29. The Bertz CT molecular complexity index is 431. The maximum Gasteiger partial charge on any atom is 0.321 e. The molecular weight excluding hydrogens is 246 g/mol. The highest BCUT2D eigenvalue weighted by Crippen LogP contribution is 2.08. The summed E-state index contributed by atoms with van der Waals surface area (Å²) >= 11 is 0. The predicted molar refractivity (Wildman–Crippen MR) is 72.1 cm³/mol. The molecule has 0 saturated carbocycles. The zero-order chi connectivity index (χ0) is 14.3. The van der Waals surface area contributed by atoms with Crippen LogP contribution in [-0.2, 0) is 11.2 Å². The van der Waals surface area contributed by atoms with Crippen molar-refractivity contribution in [2.24, 2.45) is 0 Å². The summed E-state index contributed by atoms with van der Waals surface area (Å²) in [6.07, 6.45) is 2.25. The van der Waals surface area contributed by atoms with Gasteiger partial charge in [0, 0.05) is 13.1 Å². The molecule has 6 heteroatoms. The van der Waals surface area contributed by atoms with Crippen molar-refractivity contribution in [1.82, 2.24) is 9.88 Å². The van der Waals surface area contributed by atoms with Gasteiger partial charge in [-0.25, -0.2) is 4.79 Å². The van der Waals surface area contributed by atoms with E-state index < -0.39 is 5.97 Å². The van der Waals surface area contributed by atoms with E-state index in [2.05, 4.69) is 10.3 Å². The number of aromatic nitrogens is 1. The van der Waals surface area contributed by atoms with Crippen molar-refractivity contribution in [3.8, 4) is 0 Å².